The van der Waals surface area contributed by atoms with Gasteiger partial charge in [0.1, 0.15) is 0 Å². The fraction of sp³-hybridized carbons (Fsp3) is 0.900. The van der Waals surface area contributed by atoms with Crippen molar-refractivity contribution in [1.29, 1.82) is 0 Å². The number of nitrogens with zero attached hydrogens (tertiary/aromatic N) is 4. The zero-order valence-electron chi connectivity index (χ0n) is 20.4. The molecule has 4 amide bonds. The van der Waals surface area contributed by atoms with Gasteiger partial charge in [-0.1, -0.05) is 0 Å². The van der Waals surface area contributed by atoms with Crippen molar-refractivity contribution in [3.63, 3.8) is 0 Å². The monoisotopic (exact) mass is 430 g/mol. The van der Waals surface area contributed by atoms with Gasteiger partial charge in [0.05, 0.1) is 22.4 Å². The van der Waals surface area contributed by atoms with Crippen molar-refractivity contribution in [2.45, 2.75) is 118 Å². The second-order valence-corrected chi connectivity index (χ2v) is 11.5. The number of amides is 4. The molecule has 0 aromatic carbocycles. The lowest BCUT2D eigenvalue weighted by atomic mass is 10.2. The summed E-state index contributed by atoms with van der Waals surface area (Å²) in [5.74, 6) is 0. The molecule has 0 aliphatic carbocycles. The summed E-state index contributed by atoms with van der Waals surface area (Å²) in [7, 11) is 0. The Morgan fingerprint density at radius 1 is 0.467 bits per heavy atom. The Hall–Kier alpha value is -1.62. The Labute approximate surface area is 179 Å². The number of hydrogen-bond donors (Lipinski definition) is 0. The van der Waals surface area contributed by atoms with E-state index in [-0.39, 0.29) is 0 Å². The fourth-order valence-electron chi connectivity index (χ4n) is 2.87. The Bertz CT molecular complexity index is 561. The normalized spacial score (nSPS) is 23.7. The molecule has 10 nitrogen and oxygen atoms in total. The molecule has 0 aromatic rings. The summed E-state index contributed by atoms with van der Waals surface area (Å²) in [6.45, 7) is 21.8. The first-order valence-corrected chi connectivity index (χ1v) is 10.2. The first-order chi connectivity index (χ1) is 13.2. The summed E-state index contributed by atoms with van der Waals surface area (Å²) in [6, 6.07) is -1.10. The van der Waals surface area contributed by atoms with Crippen LogP contribution < -0.4 is 0 Å². The van der Waals surface area contributed by atoms with E-state index in [0.29, 0.717) is 0 Å². The smallest absolute Gasteiger partial charge is 0.261 e. The van der Waals surface area contributed by atoms with E-state index in [4.69, 9.17) is 19.4 Å². The minimum absolute atomic E-state index is 0.549. The molecule has 2 rings (SSSR count). The summed E-state index contributed by atoms with van der Waals surface area (Å²) < 4.78 is 0. The average Bonchev–Trinajstić information content (AvgIpc) is 2.83. The minimum Gasteiger partial charge on any atom is -0.261 e. The maximum absolute atomic E-state index is 13.3. The van der Waals surface area contributed by atoms with Crippen molar-refractivity contribution in [1.82, 2.24) is 20.3 Å². The van der Waals surface area contributed by atoms with Crippen molar-refractivity contribution in [3.05, 3.63) is 0 Å². The van der Waals surface area contributed by atoms with Gasteiger partial charge in [-0.15, -0.1) is 0 Å². The molecule has 0 bridgehead atoms. The Morgan fingerprint density at radius 3 is 0.767 bits per heavy atom. The van der Waals surface area contributed by atoms with Gasteiger partial charge >= 0.3 is 12.1 Å². The summed E-state index contributed by atoms with van der Waals surface area (Å²) in [6.07, 6.45) is -1.87. The zero-order chi connectivity index (χ0) is 23.4. The van der Waals surface area contributed by atoms with Crippen molar-refractivity contribution < 1.29 is 28.9 Å². The third kappa shape index (κ3) is 5.75. The summed E-state index contributed by atoms with van der Waals surface area (Å²) in [4.78, 5) is 50.4. The number of fused-ring (bicyclic) bond motifs is 1. The number of carbonyl (C=O) groups excluding carboxylic acids is 2. The Morgan fingerprint density at radius 2 is 0.633 bits per heavy atom. The SMILES string of the molecule is CC(C)(C)ON1C(=O)N(OC(C)(C)C)C2C1N(OC(C)(C)C)C(=O)N2OC(C)(C)C. The molecule has 10 heteroatoms. The van der Waals surface area contributed by atoms with Crippen molar-refractivity contribution >= 4 is 12.1 Å². The van der Waals surface area contributed by atoms with Crippen LogP contribution in [0.3, 0.4) is 0 Å². The summed E-state index contributed by atoms with van der Waals surface area (Å²) in [5, 5.41) is 4.52. The van der Waals surface area contributed by atoms with Crippen molar-refractivity contribution in [3.8, 4) is 0 Å². The van der Waals surface area contributed by atoms with Crippen LogP contribution in [0.15, 0.2) is 0 Å². The van der Waals surface area contributed by atoms with Gasteiger partial charge in [-0.05, 0) is 83.1 Å². The van der Waals surface area contributed by atoms with Gasteiger partial charge in [0, 0.05) is 0 Å². The number of rotatable bonds is 4. The van der Waals surface area contributed by atoms with Crippen LogP contribution >= 0.6 is 0 Å². The van der Waals surface area contributed by atoms with Crippen molar-refractivity contribution in [2.75, 3.05) is 0 Å². The maximum Gasteiger partial charge on any atom is 0.372 e. The van der Waals surface area contributed by atoms with E-state index < -0.39 is 46.8 Å². The Kier molecular flexibility index (Phi) is 6.17. The molecule has 2 heterocycles. The highest BCUT2D eigenvalue weighted by atomic mass is 16.8. The third-order valence-corrected chi connectivity index (χ3v) is 3.47. The highest BCUT2D eigenvalue weighted by Crippen LogP contribution is 2.40. The van der Waals surface area contributed by atoms with Crippen LogP contribution in [0, 0.1) is 0 Å². The average molecular weight is 431 g/mol. The molecule has 30 heavy (non-hydrogen) atoms. The number of hydrogen-bond acceptors (Lipinski definition) is 6. The van der Waals surface area contributed by atoms with Gasteiger partial charge in [0.15, 0.2) is 0 Å². The van der Waals surface area contributed by atoms with E-state index in [1.807, 2.05) is 83.1 Å². The van der Waals surface area contributed by atoms with E-state index >= 15 is 0 Å². The van der Waals surface area contributed by atoms with Crippen molar-refractivity contribution in [2.24, 2.45) is 0 Å². The molecule has 2 fully saturated rings. The molecule has 0 spiro atoms. The second kappa shape index (κ2) is 7.51. The molecule has 0 aromatic heterocycles. The lowest BCUT2D eigenvalue weighted by molar-refractivity contribution is -0.295. The fourth-order valence-corrected chi connectivity index (χ4v) is 2.87. The van der Waals surface area contributed by atoms with Gasteiger partial charge < -0.3 is 0 Å². The second-order valence-electron chi connectivity index (χ2n) is 11.5. The molecular formula is C20H38N4O6. The quantitative estimate of drug-likeness (QED) is 0.669. The van der Waals surface area contributed by atoms with Gasteiger partial charge in [0.25, 0.3) is 0 Å². The van der Waals surface area contributed by atoms with Crippen LogP contribution in [0.2, 0.25) is 0 Å². The van der Waals surface area contributed by atoms with Gasteiger partial charge in [-0.3, -0.25) is 19.4 Å². The first kappa shape index (κ1) is 24.6. The number of carbonyl (C=O) groups is 2. The van der Waals surface area contributed by atoms with Crippen LogP contribution in [0.25, 0.3) is 0 Å². The molecule has 2 aliphatic heterocycles. The van der Waals surface area contributed by atoms with Crippen LogP contribution in [0.1, 0.15) is 83.1 Å². The molecule has 0 saturated carbocycles. The van der Waals surface area contributed by atoms with E-state index in [0.717, 1.165) is 20.3 Å². The molecule has 0 unspecified atom stereocenters. The number of urea groups is 2. The summed E-state index contributed by atoms with van der Waals surface area (Å²) in [5.41, 5.74) is -2.81. The third-order valence-electron chi connectivity index (χ3n) is 3.47. The lowest BCUT2D eigenvalue weighted by Gasteiger charge is -2.35. The molecule has 2 aliphatic rings. The lowest BCUT2D eigenvalue weighted by Crippen LogP contribution is -2.51. The molecule has 0 radical (unpaired) electrons. The first-order valence-electron chi connectivity index (χ1n) is 10.2. The molecule has 174 valence electrons. The van der Waals surface area contributed by atoms with Crippen LogP contribution in [-0.4, -0.2) is 67.1 Å². The topological polar surface area (TPSA) is 84.0 Å². The highest BCUT2D eigenvalue weighted by Gasteiger charge is 2.65. The predicted molar refractivity (Wildman–Crippen MR) is 109 cm³/mol. The largest absolute Gasteiger partial charge is 0.372 e. The van der Waals surface area contributed by atoms with Gasteiger partial charge in [-0.25, -0.2) is 9.59 Å². The number of hydroxylamine groups is 8. The van der Waals surface area contributed by atoms with Crippen LogP contribution in [0.5, 0.6) is 0 Å². The zero-order valence-corrected chi connectivity index (χ0v) is 20.4. The van der Waals surface area contributed by atoms with Crippen LogP contribution in [0.4, 0.5) is 9.59 Å². The van der Waals surface area contributed by atoms with Crippen LogP contribution in [-0.2, 0) is 19.4 Å². The molecular weight excluding hydrogens is 392 g/mol. The molecule has 0 atom stereocenters. The maximum atomic E-state index is 13.3. The van der Waals surface area contributed by atoms with E-state index in [2.05, 4.69) is 0 Å². The Balaban J connectivity index is 2.57. The standard InChI is InChI=1S/C20H38N4O6/c1-17(2,3)27-21-13-14(23(15(21)25)29-19(7,8)9)24(30-20(10,11)12)16(26)22(13)28-18(4,5)6/h13-14H,1-12H3. The molecule has 0 N–H and O–H groups in total. The van der Waals surface area contributed by atoms with E-state index in [1.54, 1.807) is 0 Å². The van der Waals surface area contributed by atoms with Gasteiger partial charge in [0.2, 0.25) is 12.3 Å². The van der Waals surface area contributed by atoms with Gasteiger partial charge in [-0.2, -0.15) is 20.3 Å². The van der Waals surface area contributed by atoms with E-state index in [1.165, 1.54) is 0 Å². The summed E-state index contributed by atoms with van der Waals surface area (Å²) >= 11 is 0. The minimum atomic E-state index is -0.937. The molecule has 2 saturated heterocycles. The predicted octanol–water partition coefficient (Wildman–Crippen LogP) is 4.03. The van der Waals surface area contributed by atoms with E-state index in [9.17, 15) is 9.59 Å². The highest BCUT2D eigenvalue weighted by molar-refractivity contribution is 5.82.